The Labute approximate surface area is 133 Å². The van der Waals surface area contributed by atoms with Gasteiger partial charge in [0.05, 0.1) is 6.54 Å². The van der Waals surface area contributed by atoms with Crippen molar-refractivity contribution in [3.63, 3.8) is 0 Å². The average molecular weight is 333 g/mol. The smallest absolute Gasteiger partial charge is 0.404 e. The Morgan fingerprint density at radius 2 is 2.00 bits per heavy atom. The molecular weight excluding hydrogens is 311 g/mol. The van der Waals surface area contributed by atoms with Crippen LogP contribution in [0, 0.1) is 0 Å². The average Bonchev–Trinajstić information content (AvgIpc) is 2.70. The maximum absolute atomic E-state index is 12.6. The zero-order valence-electron chi connectivity index (χ0n) is 12.9. The van der Waals surface area contributed by atoms with Gasteiger partial charge in [0.1, 0.15) is 11.4 Å². The van der Waals surface area contributed by atoms with Gasteiger partial charge in [-0.1, -0.05) is 0 Å². The normalized spacial score (nSPS) is 26.6. The molecule has 3 saturated heterocycles. The first-order valence-corrected chi connectivity index (χ1v) is 7.64. The van der Waals surface area contributed by atoms with Crippen molar-refractivity contribution in [3.8, 4) is 0 Å². The van der Waals surface area contributed by atoms with Gasteiger partial charge in [-0.05, 0) is 19.3 Å². The monoisotopic (exact) mass is 333 g/mol. The van der Waals surface area contributed by atoms with Crippen molar-refractivity contribution >= 4 is 11.7 Å². The molecule has 6 nitrogen and oxygen atoms in total. The summed E-state index contributed by atoms with van der Waals surface area (Å²) in [6.45, 7) is 2.89. The zero-order chi connectivity index (χ0) is 17.0. The Kier molecular flexibility index (Phi) is 5.51. The van der Waals surface area contributed by atoms with Crippen molar-refractivity contribution in [1.29, 1.82) is 0 Å². The van der Waals surface area contributed by atoms with Crippen LogP contribution < -0.4 is 11.5 Å². The van der Waals surface area contributed by atoms with Crippen LogP contribution in [0.1, 0.15) is 19.3 Å². The van der Waals surface area contributed by atoms with Crippen LogP contribution in [0.4, 0.5) is 13.2 Å². The van der Waals surface area contributed by atoms with Crippen LogP contribution in [0.2, 0.25) is 0 Å². The minimum Gasteiger partial charge on any atom is -0.404 e. The van der Waals surface area contributed by atoms with E-state index < -0.39 is 17.6 Å². The van der Waals surface area contributed by atoms with E-state index in [-0.39, 0.29) is 18.5 Å². The molecular formula is C14H22F3N5O. The Morgan fingerprint density at radius 1 is 1.35 bits per heavy atom. The number of amides is 1. The van der Waals surface area contributed by atoms with E-state index in [2.05, 4.69) is 9.89 Å². The largest absolute Gasteiger partial charge is 0.421 e. The Morgan fingerprint density at radius 3 is 2.57 bits per heavy atom. The lowest BCUT2D eigenvalue weighted by molar-refractivity contribution is -0.132. The fraction of sp³-hybridized carbons (Fsp3) is 0.714. The molecule has 3 aliphatic heterocycles. The maximum Gasteiger partial charge on any atom is 0.421 e. The fourth-order valence-electron chi connectivity index (χ4n) is 3.03. The van der Waals surface area contributed by atoms with Crippen LogP contribution in [0.15, 0.2) is 16.8 Å². The second-order valence-corrected chi connectivity index (χ2v) is 5.79. The second kappa shape index (κ2) is 7.20. The second-order valence-electron chi connectivity index (χ2n) is 5.79. The first-order valence-electron chi connectivity index (χ1n) is 7.64. The number of hydrogen-bond donors (Lipinski definition) is 2. The van der Waals surface area contributed by atoms with Gasteiger partial charge >= 0.3 is 6.18 Å². The number of halogens is 3. The number of aliphatic imine (C=N–C) groups is 1. The van der Waals surface area contributed by atoms with E-state index in [0.717, 1.165) is 25.9 Å². The molecule has 0 aromatic rings. The van der Waals surface area contributed by atoms with Crippen molar-refractivity contribution in [2.45, 2.75) is 31.5 Å². The number of fused-ring (bicyclic) bond motifs is 4. The summed E-state index contributed by atoms with van der Waals surface area (Å²) in [4.78, 5) is 19.8. The summed E-state index contributed by atoms with van der Waals surface area (Å²) in [6.07, 6.45) is -1.82. The Hall–Kier alpha value is -1.77. The van der Waals surface area contributed by atoms with Crippen LogP contribution in [-0.2, 0) is 4.79 Å². The van der Waals surface area contributed by atoms with E-state index in [1.54, 1.807) is 0 Å². The van der Waals surface area contributed by atoms with Gasteiger partial charge in [0.15, 0.2) is 0 Å². The number of hydrogen-bond acceptors (Lipinski definition) is 4. The van der Waals surface area contributed by atoms with Gasteiger partial charge in [0.2, 0.25) is 5.91 Å². The van der Waals surface area contributed by atoms with Gasteiger partial charge < -0.3 is 16.4 Å². The number of nitrogens with two attached hydrogens (primary N) is 2. The minimum atomic E-state index is -4.61. The number of piperidine rings is 1. The number of alkyl halides is 3. The molecule has 0 aromatic heterocycles. The summed E-state index contributed by atoms with van der Waals surface area (Å²) in [5, 5.41) is 0. The summed E-state index contributed by atoms with van der Waals surface area (Å²) >= 11 is 0. The lowest BCUT2D eigenvalue weighted by atomic mass is 10.1. The molecule has 3 heterocycles. The van der Waals surface area contributed by atoms with Gasteiger partial charge in [0.25, 0.3) is 0 Å². The zero-order valence-corrected chi connectivity index (χ0v) is 12.9. The van der Waals surface area contributed by atoms with Gasteiger partial charge in [-0.2, -0.15) is 13.2 Å². The molecule has 0 aromatic carbocycles. The third-order valence-corrected chi connectivity index (χ3v) is 4.26. The standard InChI is InChI=1S/C14H22F3N5O/c15-14(16,17)11(8-18)13(19)20-4-1-5-22-10-2-6-21(7-3-10)9-12(22)23/h8,10H,1-7,9,18H2,(H2,19,20)/b11-8+. The first kappa shape index (κ1) is 17.6. The molecule has 0 spiro atoms. The Bertz CT molecular complexity index is 495. The number of nitrogens with zero attached hydrogens (tertiary/aromatic N) is 3. The van der Waals surface area contributed by atoms with E-state index in [0.29, 0.717) is 25.7 Å². The van der Waals surface area contributed by atoms with Crippen molar-refractivity contribution in [2.75, 3.05) is 32.7 Å². The van der Waals surface area contributed by atoms with Crippen molar-refractivity contribution in [1.82, 2.24) is 9.80 Å². The van der Waals surface area contributed by atoms with Crippen molar-refractivity contribution in [2.24, 2.45) is 16.5 Å². The third-order valence-electron chi connectivity index (χ3n) is 4.26. The van der Waals surface area contributed by atoms with Crippen LogP contribution in [-0.4, -0.2) is 66.5 Å². The number of carbonyl (C=O) groups is 1. The molecule has 3 fully saturated rings. The molecule has 130 valence electrons. The van der Waals surface area contributed by atoms with E-state index in [1.807, 2.05) is 4.90 Å². The highest BCUT2D eigenvalue weighted by Gasteiger charge is 2.36. The van der Waals surface area contributed by atoms with Crippen LogP contribution in [0.5, 0.6) is 0 Å². The first-order chi connectivity index (χ1) is 10.8. The highest BCUT2D eigenvalue weighted by Crippen LogP contribution is 2.25. The van der Waals surface area contributed by atoms with E-state index in [9.17, 15) is 18.0 Å². The van der Waals surface area contributed by atoms with Gasteiger partial charge in [0, 0.05) is 38.4 Å². The van der Waals surface area contributed by atoms with Gasteiger partial charge in [-0.15, -0.1) is 0 Å². The molecule has 0 radical (unpaired) electrons. The number of carbonyl (C=O) groups excluding carboxylic acids is 1. The van der Waals surface area contributed by atoms with E-state index in [4.69, 9.17) is 11.5 Å². The molecule has 0 saturated carbocycles. The van der Waals surface area contributed by atoms with Crippen LogP contribution in [0.25, 0.3) is 0 Å². The highest BCUT2D eigenvalue weighted by molar-refractivity contribution is 5.98. The predicted molar refractivity (Wildman–Crippen MR) is 80.6 cm³/mol. The van der Waals surface area contributed by atoms with Gasteiger partial charge in [-0.3, -0.25) is 14.7 Å². The maximum atomic E-state index is 12.6. The topological polar surface area (TPSA) is 88.0 Å². The van der Waals surface area contributed by atoms with Crippen molar-refractivity contribution in [3.05, 3.63) is 11.8 Å². The van der Waals surface area contributed by atoms with Crippen molar-refractivity contribution < 1.29 is 18.0 Å². The summed E-state index contributed by atoms with van der Waals surface area (Å²) in [5.41, 5.74) is 9.17. The van der Waals surface area contributed by atoms with E-state index in [1.165, 1.54) is 0 Å². The van der Waals surface area contributed by atoms with Crippen LogP contribution in [0.3, 0.4) is 0 Å². The number of amidine groups is 1. The summed E-state index contributed by atoms with van der Waals surface area (Å²) in [6, 6.07) is 0.234. The fourth-order valence-corrected chi connectivity index (χ4v) is 3.03. The van der Waals surface area contributed by atoms with E-state index >= 15 is 0 Å². The molecule has 23 heavy (non-hydrogen) atoms. The summed E-state index contributed by atoms with van der Waals surface area (Å²) in [5.74, 6) is -0.533. The molecule has 0 aliphatic carbocycles. The summed E-state index contributed by atoms with van der Waals surface area (Å²) < 4.78 is 37.8. The van der Waals surface area contributed by atoms with Gasteiger partial charge in [-0.25, -0.2) is 0 Å². The molecule has 1 amide bonds. The summed E-state index contributed by atoms with van der Waals surface area (Å²) in [7, 11) is 0. The number of rotatable bonds is 5. The third kappa shape index (κ3) is 4.37. The highest BCUT2D eigenvalue weighted by atomic mass is 19.4. The molecule has 0 atom stereocenters. The predicted octanol–water partition coefficient (Wildman–Crippen LogP) is 0.445. The quantitative estimate of drug-likeness (QED) is 0.434. The Balaban J connectivity index is 1.87. The SMILES string of the molecule is N/C=C(\C(N)=NCCCN1C(=O)CN2CCC1CC2)C(F)(F)F. The molecule has 0 unspecified atom stereocenters. The molecule has 3 rings (SSSR count). The lowest BCUT2D eigenvalue weighted by Crippen LogP contribution is -2.40. The van der Waals surface area contributed by atoms with Crippen LogP contribution >= 0.6 is 0 Å². The molecule has 9 heteroatoms. The molecule has 4 N–H and O–H groups in total. The lowest BCUT2D eigenvalue weighted by Gasteiger charge is -2.31. The molecule has 3 aliphatic rings. The minimum absolute atomic E-state index is 0.0831. The molecule has 2 bridgehead atoms.